The van der Waals surface area contributed by atoms with Gasteiger partial charge in [0.15, 0.2) is 0 Å². The van der Waals surface area contributed by atoms with Crippen LogP contribution in [0.25, 0.3) is 0 Å². The molecule has 0 bridgehead atoms. The molecule has 0 saturated heterocycles. The number of carbonyl (C=O) groups excluding carboxylic acids is 1. The van der Waals surface area contributed by atoms with Crippen LogP contribution < -0.4 is 5.32 Å². The van der Waals surface area contributed by atoms with Crippen LogP contribution in [0, 0.1) is 0 Å². The van der Waals surface area contributed by atoms with E-state index in [0.717, 1.165) is 11.8 Å². The maximum Gasteiger partial charge on any atom is 0.338 e. The van der Waals surface area contributed by atoms with Crippen molar-refractivity contribution in [2.75, 3.05) is 11.1 Å². The van der Waals surface area contributed by atoms with Crippen LogP contribution in [-0.4, -0.2) is 27.7 Å². The average molecular weight is 323 g/mol. The van der Waals surface area contributed by atoms with E-state index in [1.165, 1.54) is 12.3 Å². The normalized spacial score (nSPS) is 10.1. The molecule has 0 aliphatic carbocycles. The highest BCUT2D eigenvalue weighted by Gasteiger charge is 2.12. The van der Waals surface area contributed by atoms with Crippen molar-refractivity contribution in [2.45, 2.75) is 5.03 Å². The second kappa shape index (κ2) is 7.10. The van der Waals surface area contributed by atoms with Crippen LogP contribution in [-0.2, 0) is 4.79 Å². The number of aromatic nitrogens is 1. The topological polar surface area (TPSA) is 79.3 Å². The van der Waals surface area contributed by atoms with E-state index in [1.807, 2.05) is 0 Å². The van der Waals surface area contributed by atoms with Gasteiger partial charge in [-0.2, -0.15) is 0 Å². The van der Waals surface area contributed by atoms with E-state index >= 15 is 0 Å². The molecule has 0 spiro atoms. The minimum absolute atomic E-state index is 0.0694. The molecule has 0 atom stereocenters. The monoisotopic (exact) mass is 322 g/mol. The van der Waals surface area contributed by atoms with Gasteiger partial charge >= 0.3 is 5.97 Å². The number of anilines is 1. The Morgan fingerprint density at radius 1 is 1.24 bits per heavy atom. The van der Waals surface area contributed by atoms with E-state index in [9.17, 15) is 9.59 Å². The second-order valence-corrected chi connectivity index (χ2v) is 5.41. The summed E-state index contributed by atoms with van der Waals surface area (Å²) in [6, 6.07) is 9.72. The lowest BCUT2D eigenvalue weighted by Crippen LogP contribution is -2.14. The fourth-order valence-corrected chi connectivity index (χ4v) is 2.45. The SMILES string of the molecule is O=C(CSc1ncccc1C(=O)O)Nc1ccc(Cl)cc1. The van der Waals surface area contributed by atoms with Gasteiger partial charge in [-0.1, -0.05) is 23.4 Å². The van der Waals surface area contributed by atoms with E-state index in [0.29, 0.717) is 15.7 Å². The highest BCUT2D eigenvalue weighted by Crippen LogP contribution is 2.20. The Hall–Kier alpha value is -2.05. The van der Waals surface area contributed by atoms with Gasteiger partial charge in [0.25, 0.3) is 0 Å². The molecule has 0 saturated carbocycles. The number of hydrogen-bond acceptors (Lipinski definition) is 4. The predicted molar refractivity (Wildman–Crippen MR) is 82.0 cm³/mol. The molecule has 21 heavy (non-hydrogen) atoms. The number of nitrogens with zero attached hydrogens (tertiary/aromatic N) is 1. The fourth-order valence-electron chi connectivity index (χ4n) is 1.53. The van der Waals surface area contributed by atoms with E-state index in [-0.39, 0.29) is 17.2 Å². The lowest BCUT2D eigenvalue weighted by molar-refractivity contribution is -0.113. The van der Waals surface area contributed by atoms with Crippen molar-refractivity contribution in [3.05, 3.63) is 53.2 Å². The molecule has 2 aromatic rings. The van der Waals surface area contributed by atoms with Gasteiger partial charge in [0, 0.05) is 16.9 Å². The first kappa shape index (κ1) is 15.3. The third-order valence-corrected chi connectivity index (χ3v) is 3.73. The summed E-state index contributed by atoms with van der Waals surface area (Å²) in [7, 11) is 0. The summed E-state index contributed by atoms with van der Waals surface area (Å²) in [6.45, 7) is 0. The van der Waals surface area contributed by atoms with E-state index in [1.54, 1.807) is 30.3 Å². The molecule has 5 nitrogen and oxygen atoms in total. The van der Waals surface area contributed by atoms with Crippen LogP contribution in [0.1, 0.15) is 10.4 Å². The second-order valence-electron chi connectivity index (χ2n) is 4.01. The predicted octanol–water partition coefficient (Wildman–Crippen LogP) is 3.16. The number of benzene rings is 1. The number of carboxylic acid groups (broad SMARTS) is 1. The zero-order valence-corrected chi connectivity index (χ0v) is 12.3. The van der Waals surface area contributed by atoms with Crippen molar-refractivity contribution in [1.29, 1.82) is 0 Å². The van der Waals surface area contributed by atoms with Gasteiger partial charge in [-0.25, -0.2) is 9.78 Å². The van der Waals surface area contributed by atoms with Gasteiger partial charge in [0.2, 0.25) is 5.91 Å². The molecular formula is C14H11ClN2O3S. The standard InChI is InChI=1S/C14H11ClN2O3S/c15-9-3-5-10(6-4-9)17-12(18)8-21-13-11(14(19)20)2-1-7-16-13/h1-7H,8H2,(H,17,18)(H,19,20). The third-order valence-electron chi connectivity index (χ3n) is 2.47. The Balaban J connectivity index is 1.95. The number of thioether (sulfide) groups is 1. The van der Waals surface area contributed by atoms with Crippen molar-refractivity contribution in [2.24, 2.45) is 0 Å². The molecule has 1 aromatic carbocycles. The number of pyridine rings is 1. The Morgan fingerprint density at radius 3 is 2.62 bits per heavy atom. The van der Waals surface area contributed by atoms with Crippen LogP contribution in [0.4, 0.5) is 5.69 Å². The maximum atomic E-state index is 11.8. The summed E-state index contributed by atoms with van der Waals surface area (Å²) >= 11 is 6.83. The Bertz CT molecular complexity index is 662. The summed E-state index contributed by atoms with van der Waals surface area (Å²) in [5.74, 6) is -1.24. The molecule has 7 heteroatoms. The summed E-state index contributed by atoms with van der Waals surface area (Å²) in [6.07, 6.45) is 1.49. The minimum atomic E-state index is -1.07. The van der Waals surface area contributed by atoms with Gasteiger partial charge in [0.1, 0.15) is 5.03 Å². The molecule has 0 fully saturated rings. The minimum Gasteiger partial charge on any atom is -0.478 e. The number of amides is 1. The lowest BCUT2D eigenvalue weighted by atomic mass is 10.3. The van der Waals surface area contributed by atoms with Gasteiger partial charge in [-0.05, 0) is 36.4 Å². The van der Waals surface area contributed by atoms with Crippen molar-refractivity contribution < 1.29 is 14.7 Å². The first-order valence-electron chi connectivity index (χ1n) is 5.93. The molecule has 0 unspecified atom stereocenters. The van der Waals surface area contributed by atoms with Crippen molar-refractivity contribution in [1.82, 2.24) is 4.98 Å². The van der Waals surface area contributed by atoms with Crippen LogP contribution in [0.5, 0.6) is 0 Å². The van der Waals surface area contributed by atoms with Crippen LogP contribution in [0.2, 0.25) is 5.02 Å². The van der Waals surface area contributed by atoms with E-state index < -0.39 is 5.97 Å². The highest BCUT2D eigenvalue weighted by atomic mass is 35.5. The van der Waals surface area contributed by atoms with Crippen molar-refractivity contribution in [3.63, 3.8) is 0 Å². The van der Waals surface area contributed by atoms with Gasteiger partial charge in [-0.15, -0.1) is 0 Å². The molecule has 1 amide bonds. The molecular weight excluding hydrogens is 312 g/mol. The van der Waals surface area contributed by atoms with Gasteiger partial charge in [-0.3, -0.25) is 4.79 Å². The summed E-state index contributed by atoms with van der Waals surface area (Å²) in [4.78, 5) is 26.8. The number of halogens is 1. The molecule has 0 radical (unpaired) electrons. The number of nitrogens with one attached hydrogen (secondary N) is 1. The Morgan fingerprint density at radius 2 is 1.95 bits per heavy atom. The number of carboxylic acids is 1. The average Bonchev–Trinajstić information content (AvgIpc) is 2.48. The molecule has 1 aromatic heterocycles. The third kappa shape index (κ3) is 4.47. The van der Waals surface area contributed by atoms with Crippen LogP contribution in [0.15, 0.2) is 47.6 Å². The lowest BCUT2D eigenvalue weighted by Gasteiger charge is -2.06. The summed E-state index contributed by atoms with van der Waals surface area (Å²) in [5, 5.41) is 12.6. The largest absolute Gasteiger partial charge is 0.478 e. The van der Waals surface area contributed by atoms with Crippen LogP contribution in [0.3, 0.4) is 0 Å². The quantitative estimate of drug-likeness (QED) is 0.827. The summed E-state index contributed by atoms with van der Waals surface area (Å²) in [5.41, 5.74) is 0.714. The van der Waals surface area contributed by atoms with Crippen molar-refractivity contribution >= 4 is 40.9 Å². The van der Waals surface area contributed by atoms with Crippen molar-refractivity contribution in [3.8, 4) is 0 Å². The number of rotatable bonds is 5. The number of hydrogen-bond donors (Lipinski definition) is 2. The molecule has 108 valence electrons. The molecule has 0 aliphatic heterocycles. The van der Waals surface area contributed by atoms with E-state index in [2.05, 4.69) is 10.3 Å². The summed E-state index contributed by atoms with van der Waals surface area (Å²) < 4.78 is 0. The maximum absolute atomic E-state index is 11.8. The molecule has 0 aliphatic rings. The van der Waals surface area contributed by atoms with Gasteiger partial charge < -0.3 is 10.4 Å². The number of carbonyl (C=O) groups is 2. The number of aromatic carboxylic acids is 1. The van der Waals surface area contributed by atoms with E-state index in [4.69, 9.17) is 16.7 Å². The molecule has 1 heterocycles. The zero-order valence-electron chi connectivity index (χ0n) is 10.7. The first-order valence-corrected chi connectivity index (χ1v) is 7.29. The smallest absolute Gasteiger partial charge is 0.338 e. The molecule has 2 rings (SSSR count). The Labute approximate surface area is 130 Å². The molecule has 2 N–H and O–H groups in total. The van der Waals surface area contributed by atoms with Gasteiger partial charge in [0.05, 0.1) is 11.3 Å². The Kier molecular flexibility index (Phi) is 5.19. The zero-order chi connectivity index (χ0) is 15.2. The van der Waals surface area contributed by atoms with Crippen LogP contribution >= 0.6 is 23.4 Å². The first-order chi connectivity index (χ1) is 10.1. The fraction of sp³-hybridized carbons (Fsp3) is 0.0714. The highest BCUT2D eigenvalue weighted by molar-refractivity contribution is 8.00.